The van der Waals surface area contributed by atoms with Gasteiger partial charge in [0.15, 0.2) is 0 Å². The third-order valence-corrected chi connectivity index (χ3v) is 3.42. The van der Waals surface area contributed by atoms with Crippen molar-refractivity contribution in [3.63, 3.8) is 0 Å². The van der Waals surface area contributed by atoms with Crippen LogP contribution in [0.25, 0.3) is 0 Å². The molecule has 0 saturated heterocycles. The van der Waals surface area contributed by atoms with Gasteiger partial charge in [-0.25, -0.2) is 9.37 Å². The van der Waals surface area contributed by atoms with E-state index in [0.29, 0.717) is 11.6 Å². The van der Waals surface area contributed by atoms with Gasteiger partial charge in [-0.2, -0.15) is 4.98 Å². The number of rotatable bonds is 5. The van der Waals surface area contributed by atoms with Crippen molar-refractivity contribution >= 4 is 23.1 Å². The number of hydrogen-bond acceptors (Lipinski definition) is 4. The van der Waals surface area contributed by atoms with Gasteiger partial charge in [-0.15, -0.1) is 0 Å². The Morgan fingerprint density at radius 3 is 2.48 bits per heavy atom. The van der Waals surface area contributed by atoms with E-state index in [1.54, 1.807) is 24.4 Å². The highest BCUT2D eigenvalue weighted by Crippen LogP contribution is 2.24. The maximum absolute atomic E-state index is 13.7. The van der Waals surface area contributed by atoms with Crippen LogP contribution >= 0.6 is 0 Å². The summed E-state index contributed by atoms with van der Waals surface area (Å²) in [7, 11) is 0. The number of hydrogen-bond donors (Lipinski definition) is 1. The molecular formula is C18H17FN4. The molecular weight excluding hydrogens is 291 g/mol. The predicted octanol–water partition coefficient (Wildman–Crippen LogP) is 4.52. The predicted molar refractivity (Wildman–Crippen MR) is 90.8 cm³/mol. The minimum absolute atomic E-state index is 0.336. The Hall–Kier alpha value is -2.95. The van der Waals surface area contributed by atoms with Gasteiger partial charge < -0.3 is 10.2 Å². The lowest BCUT2D eigenvalue weighted by Crippen LogP contribution is -2.17. The Bertz CT molecular complexity index is 777. The van der Waals surface area contributed by atoms with Crippen LogP contribution in [-0.4, -0.2) is 16.5 Å². The highest BCUT2D eigenvalue weighted by Gasteiger charge is 2.10. The number of halogens is 1. The molecule has 0 unspecified atom stereocenters. The largest absolute Gasteiger partial charge is 0.327 e. The van der Waals surface area contributed by atoms with E-state index in [1.165, 1.54) is 6.07 Å². The lowest BCUT2D eigenvalue weighted by molar-refractivity contribution is 0.631. The van der Waals surface area contributed by atoms with E-state index in [4.69, 9.17) is 0 Å². The van der Waals surface area contributed by atoms with Crippen LogP contribution in [0.15, 0.2) is 66.9 Å². The maximum Gasteiger partial charge on any atom is 0.229 e. The molecule has 0 spiro atoms. The molecule has 0 atom stereocenters. The summed E-state index contributed by atoms with van der Waals surface area (Å²) in [6.07, 6.45) is 1.66. The lowest BCUT2D eigenvalue weighted by Gasteiger charge is -2.22. The summed E-state index contributed by atoms with van der Waals surface area (Å²) >= 11 is 0. The fourth-order valence-corrected chi connectivity index (χ4v) is 2.33. The van der Waals surface area contributed by atoms with Gasteiger partial charge in [0.25, 0.3) is 0 Å². The summed E-state index contributed by atoms with van der Waals surface area (Å²) in [4.78, 5) is 10.7. The molecule has 1 heterocycles. The van der Waals surface area contributed by atoms with Crippen molar-refractivity contribution in [3.05, 3.63) is 72.7 Å². The molecule has 0 aliphatic rings. The Morgan fingerprint density at radius 2 is 1.74 bits per heavy atom. The molecule has 3 rings (SSSR count). The Morgan fingerprint density at radius 1 is 1.00 bits per heavy atom. The molecule has 0 bridgehead atoms. The molecule has 4 nitrogen and oxygen atoms in total. The zero-order valence-electron chi connectivity index (χ0n) is 12.8. The molecule has 23 heavy (non-hydrogen) atoms. The summed E-state index contributed by atoms with van der Waals surface area (Å²) in [6, 6.07) is 18.3. The fraction of sp³-hybridized carbons (Fsp3) is 0.111. The minimum atomic E-state index is -0.336. The van der Waals surface area contributed by atoms with Gasteiger partial charge in [-0.05, 0) is 37.3 Å². The van der Waals surface area contributed by atoms with Crippen LogP contribution in [0.3, 0.4) is 0 Å². The molecule has 0 aliphatic heterocycles. The van der Waals surface area contributed by atoms with Crippen LogP contribution < -0.4 is 10.2 Å². The second-order valence-electron chi connectivity index (χ2n) is 4.92. The highest BCUT2D eigenvalue weighted by molar-refractivity contribution is 5.62. The second kappa shape index (κ2) is 6.87. The standard InChI is InChI=1S/C18H17FN4/c1-2-23(14-8-4-3-5-9-14)17-12-13-20-18(22-17)21-16-11-7-6-10-15(16)19/h3-13H,2H2,1H3,(H,20,21,22). The molecule has 3 aromatic rings. The first-order valence-corrected chi connectivity index (χ1v) is 7.45. The summed E-state index contributed by atoms with van der Waals surface area (Å²) < 4.78 is 13.7. The van der Waals surface area contributed by atoms with Crippen LogP contribution in [0.1, 0.15) is 6.92 Å². The van der Waals surface area contributed by atoms with Crippen LogP contribution in [0.5, 0.6) is 0 Å². The second-order valence-corrected chi connectivity index (χ2v) is 4.92. The SMILES string of the molecule is CCN(c1ccccc1)c1ccnc(Nc2ccccc2F)n1. The molecule has 0 saturated carbocycles. The highest BCUT2D eigenvalue weighted by atomic mass is 19.1. The van der Waals surface area contributed by atoms with Crippen molar-refractivity contribution in [1.82, 2.24) is 9.97 Å². The van der Waals surface area contributed by atoms with Crippen molar-refractivity contribution in [1.29, 1.82) is 0 Å². The van der Waals surface area contributed by atoms with Crippen LogP contribution in [0.2, 0.25) is 0 Å². The number of nitrogens with zero attached hydrogens (tertiary/aromatic N) is 3. The van der Waals surface area contributed by atoms with Gasteiger partial charge in [-0.3, -0.25) is 0 Å². The van der Waals surface area contributed by atoms with E-state index in [2.05, 4.69) is 27.1 Å². The summed E-state index contributed by atoms with van der Waals surface area (Å²) in [5.41, 5.74) is 1.40. The lowest BCUT2D eigenvalue weighted by atomic mass is 10.3. The number of para-hydroxylation sites is 2. The molecule has 0 fully saturated rings. The van der Waals surface area contributed by atoms with Crippen LogP contribution in [-0.2, 0) is 0 Å². The quantitative estimate of drug-likeness (QED) is 0.752. The van der Waals surface area contributed by atoms with Crippen LogP contribution in [0.4, 0.5) is 27.5 Å². The maximum atomic E-state index is 13.7. The van der Waals surface area contributed by atoms with Gasteiger partial charge in [0, 0.05) is 18.4 Å². The monoisotopic (exact) mass is 308 g/mol. The van der Waals surface area contributed by atoms with Crippen molar-refractivity contribution in [2.45, 2.75) is 6.92 Å². The Kier molecular flexibility index (Phi) is 4.47. The van der Waals surface area contributed by atoms with Crippen LogP contribution in [0, 0.1) is 5.82 Å². The fourth-order valence-electron chi connectivity index (χ4n) is 2.33. The summed E-state index contributed by atoms with van der Waals surface area (Å²) in [5.74, 6) is 0.784. The van der Waals surface area contributed by atoms with E-state index < -0.39 is 0 Å². The van der Waals surface area contributed by atoms with E-state index in [9.17, 15) is 4.39 Å². The van der Waals surface area contributed by atoms with Crippen molar-refractivity contribution in [3.8, 4) is 0 Å². The van der Waals surface area contributed by atoms with Gasteiger partial charge in [-0.1, -0.05) is 30.3 Å². The van der Waals surface area contributed by atoms with Crippen molar-refractivity contribution in [2.24, 2.45) is 0 Å². The average Bonchev–Trinajstić information content (AvgIpc) is 2.59. The number of anilines is 4. The van der Waals surface area contributed by atoms with Gasteiger partial charge >= 0.3 is 0 Å². The topological polar surface area (TPSA) is 41.1 Å². The molecule has 1 aromatic heterocycles. The number of aromatic nitrogens is 2. The molecule has 0 amide bonds. The number of nitrogens with one attached hydrogen (secondary N) is 1. The molecule has 5 heteroatoms. The van der Waals surface area contributed by atoms with Gasteiger partial charge in [0.1, 0.15) is 11.6 Å². The average molecular weight is 308 g/mol. The van der Waals surface area contributed by atoms with Gasteiger partial charge in [0.2, 0.25) is 5.95 Å². The summed E-state index contributed by atoms with van der Waals surface area (Å²) in [5, 5.41) is 2.92. The van der Waals surface area contributed by atoms with E-state index >= 15 is 0 Å². The number of benzene rings is 2. The molecule has 116 valence electrons. The zero-order valence-corrected chi connectivity index (χ0v) is 12.8. The third-order valence-electron chi connectivity index (χ3n) is 3.42. The van der Waals surface area contributed by atoms with Crippen molar-refractivity contribution in [2.75, 3.05) is 16.8 Å². The molecule has 2 aromatic carbocycles. The van der Waals surface area contributed by atoms with Gasteiger partial charge in [0.05, 0.1) is 5.69 Å². The van der Waals surface area contributed by atoms with E-state index in [0.717, 1.165) is 18.1 Å². The molecule has 0 aliphatic carbocycles. The zero-order chi connectivity index (χ0) is 16.1. The third kappa shape index (κ3) is 3.45. The Labute approximate surface area is 134 Å². The molecule has 0 radical (unpaired) electrons. The van der Waals surface area contributed by atoms with Crippen molar-refractivity contribution < 1.29 is 4.39 Å². The summed E-state index contributed by atoms with van der Waals surface area (Å²) in [6.45, 7) is 2.82. The Balaban J connectivity index is 1.89. The first kappa shape index (κ1) is 15.0. The first-order valence-electron chi connectivity index (χ1n) is 7.45. The normalized spacial score (nSPS) is 10.3. The van der Waals surface area contributed by atoms with E-state index in [-0.39, 0.29) is 5.82 Å². The first-order chi connectivity index (χ1) is 11.3. The molecule has 1 N–H and O–H groups in total. The minimum Gasteiger partial charge on any atom is -0.327 e. The smallest absolute Gasteiger partial charge is 0.229 e. The van der Waals surface area contributed by atoms with E-state index in [1.807, 2.05) is 36.4 Å².